The second-order valence-corrected chi connectivity index (χ2v) is 13.4. The first-order chi connectivity index (χ1) is 18.4. The molecule has 0 saturated carbocycles. The molecule has 0 aliphatic rings. The lowest BCUT2D eigenvalue weighted by Crippen LogP contribution is -2.42. The van der Waals surface area contributed by atoms with Crippen LogP contribution < -0.4 is 5.32 Å². The Bertz CT molecular complexity index is 709. The lowest BCUT2D eigenvalue weighted by molar-refractivity contribution is -0.141. The first-order valence-corrected chi connectivity index (χ1v) is 16.5. The minimum atomic E-state index is -1.10. The summed E-state index contributed by atoms with van der Waals surface area (Å²) in [6, 6.07) is -1.00. The van der Waals surface area contributed by atoms with Gasteiger partial charge in [0.15, 0.2) is 0 Å². The van der Waals surface area contributed by atoms with Gasteiger partial charge in [-0.2, -0.15) is 11.8 Å². The van der Waals surface area contributed by atoms with Crippen LogP contribution in [0, 0.1) is 23.7 Å². The zero-order valence-electron chi connectivity index (χ0n) is 25.8. The van der Waals surface area contributed by atoms with E-state index in [0.717, 1.165) is 30.1 Å². The number of nitrogens with one attached hydrogen (secondary N) is 1. The van der Waals surface area contributed by atoms with Crippen LogP contribution in [0.5, 0.6) is 0 Å². The van der Waals surface area contributed by atoms with Crippen LogP contribution in [-0.2, 0) is 14.4 Å². The van der Waals surface area contributed by atoms with Crippen LogP contribution in [0.15, 0.2) is 11.6 Å². The fourth-order valence-corrected chi connectivity index (χ4v) is 5.82. The summed E-state index contributed by atoms with van der Waals surface area (Å²) in [6.45, 7) is 14.0. The first-order valence-electron chi connectivity index (χ1n) is 15.4. The van der Waals surface area contributed by atoms with Crippen molar-refractivity contribution in [3.8, 4) is 0 Å². The van der Waals surface area contributed by atoms with E-state index in [4.69, 9.17) is 5.11 Å². The molecule has 39 heavy (non-hydrogen) atoms. The summed E-state index contributed by atoms with van der Waals surface area (Å²) in [6.07, 6.45) is 17.4. The van der Waals surface area contributed by atoms with Gasteiger partial charge < -0.3 is 15.5 Å². The number of amides is 1. The smallest absolute Gasteiger partial charge is 0.327 e. The van der Waals surface area contributed by atoms with Gasteiger partial charge in [0.1, 0.15) is 6.04 Å². The molecule has 0 saturated heterocycles. The van der Waals surface area contributed by atoms with Crippen LogP contribution in [0.2, 0.25) is 0 Å². The van der Waals surface area contributed by atoms with Gasteiger partial charge >= 0.3 is 11.9 Å². The Morgan fingerprint density at radius 3 is 1.67 bits per heavy atom. The molecule has 1 amide bonds. The van der Waals surface area contributed by atoms with Gasteiger partial charge in [-0.15, -0.1) is 0 Å². The maximum Gasteiger partial charge on any atom is 0.327 e. The van der Waals surface area contributed by atoms with Crippen molar-refractivity contribution in [1.29, 1.82) is 0 Å². The van der Waals surface area contributed by atoms with Gasteiger partial charge in [0.2, 0.25) is 5.91 Å². The number of hydrogen-bond acceptors (Lipinski definition) is 4. The average molecular weight is 570 g/mol. The van der Waals surface area contributed by atoms with E-state index < -0.39 is 23.9 Å². The second kappa shape index (κ2) is 23.2. The Balaban J connectivity index is 3.95. The third-order valence-corrected chi connectivity index (χ3v) is 8.54. The fourth-order valence-electron chi connectivity index (χ4n) is 4.82. The molecule has 0 aliphatic carbocycles. The molecule has 0 fully saturated rings. The topological polar surface area (TPSA) is 104 Å². The highest BCUT2D eigenvalue weighted by Gasteiger charge is 2.20. The van der Waals surface area contributed by atoms with E-state index in [2.05, 4.69) is 52.9 Å². The minimum Gasteiger partial charge on any atom is -0.481 e. The van der Waals surface area contributed by atoms with E-state index in [-0.39, 0.29) is 18.6 Å². The molecule has 6 nitrogen and oxygen atoms in total. The predicted octanol–water partition coefficient (Wildman–Crippen LogP) is 8.35. The standard InChI is InChI=1S/C32H59NO5S/c1-24(2)11-7-12-25(3)13-8-14-26(4)15-9-16-27(5)17-10-18-28(6)21-22-39-23-29(32(37)38)33-30(34)19-20-31(35)36/h21,24-27,29H,7-20,22-23H2,1-6H3,(H,33,34)(H,35,36)(H,37,38). The van der Waals surface area contributed by atoms with Crippen molar-refractivity contribution >= 4 is 29.6 Å². The first kappa shape index (κ1) is 37.5. The Labute approximate surface area is 243 Å². The molecule has 4 atom stereocenters. The summed E-state index contributed by atoms with van der Waals surface area (Å²) in [5.74, 6) is 1.53. The van der Waals surface area contributed by atoms with Crippen molar-refractivity contribution in [1.82, 2.24) is 5.32 Å². The number of hydrogen-bond donors (Lipinski definition) is 3. The number of aliphatic carboxylic acids is 2. The molecule has 0 aromatic rings. The van der Waals surface area contributed by atoms with Gasteiger partial charge in [0.05, 0.1) is 6.42 Å². The van der Waals surface area contributed by atoms with Gasteiger partial charge in [0.25, 0.3) is 0 Å². The van der Waals surface area contributed by atoms with E-state index in [0.29, 0.717) is 5.75 Å². The number of allylic oxidation sites excluding steroid dienone is 1. The lowest BCUT2D eigenvalue weighted by atomic mass is 9.90. The van der Waals surface area contributed by atoms with Crippen LogP contribution in [0.25, 0.3) is 0 Å². The molecule has 0 aromatic heterocycles. The van der Waals surface area contributed by atoms with Crippen LogP contribution in [0.1, 0.15) is 131 Å². The number of carboxylic acid groups (broad SMARTS) is 2. The number of thioether (sulfide) groups is 1. The largest absolute Gasteiger partial charge is 0.481 e. The van der Waals surface area contributed by atoms with Crippen LogP contribution in [-0.4, -0.2) is 45.6 Å². The Morgan fingerprint density at radius 2 is 1.21 bits per heavy atom. The summed E-state index contributed by atoms with van der Waals surface area (Å²) in [4.78, 5) is 33.7. The van der Waals surface area contributed by atoms with Gasteiger partial charge in [-0.05, 0) is 43.4 Å². The maximum absolute atomic E-state index is 11.7. The molecular weight excluding hydrogens is 510 g/mol. The van der Waals surface area contributed by atoms with Gasteiger partial charge in [-0.3, -0.25) is 9.59 Å². The van der Waals surface area contributed by atoms with Crippen molar-refractivity contribution in [2.75, 3.05) is 11.5 Å². The zero-order chi connectivity index (χ0) is 29.6. The Hall–Kier alpha value is -1.50. The van der Waals surface area contributed by atoms with E-state index in [9.17, 15) is 19.5 Å². The molecule has 0 spiro atoms. The van der Waals surface area contributed by atoms with Crippen LogP contribution in [0.4, 0.5) is 0 Å². The molecule has 0 aliphatic heterocycles. The zero-order valence-corrected chi connectivity index (χ0v) is 26.6. The molecule has 0 aromatic carbocycles. The monoisotopic (exact) mass is 569 g/mol. The third-order valence-electron chi connectivity index (χ3n) is 7.57. The quantitative estimate of drug-likeness (QED) is 0.0754. The molecule has 0 radical (unpaired) electrons. The normalized spacial score (nSPS) is 15.1. The molecule has 7 heteroatoms. The maximum atomic E-state index is 11.7. The molecule has 228 valence electrons. The molecule has 0 heterocycles. The molecule has 0 rings (SSSR count). The number of carbonyl (C=O) groups is 3. The molecule has 3 N–H and O–H groups in total. The van der Waals surface area contributed by atoms with Crippen molar-refractivity contribution in [3.63, 3.8) is 0 Å². The van der Waals surface area contributed by atoms with Gasteiger partial charge in [-0.1, -0.05) is 110 Å². The second-order valence-electron chi connectivity index (χ2n) is 12.3. The van der Waals surface area contributed by atoms with Crippen LogP contribution >= 0.6 is 11.8 Å². The average Bonchev–Trinajstić information content (AvgIpc) is 2.84. The highest BCUT2D eigenvalue weighted by Crippen LogP contribution is 2.23. The summed E-state index contributed by atoms with van der Waals surface area (Å²) < 4.78 is 0. The van der Waals surface area contributed by atoms with E-state index in [1.165, 1.54) is 88.0 Å². The predicted molar refractivity (Wildman–Crippen MR) is 165 cm³/mol. The molecular formula is C32H59NO5S. The Kier molecular flexibility index (Phi) is 22.3. The van der Waals surface area contributed by atoms with E-state index >= 15 is 0 Å². The highest BCUT2D eigenvalue weighted by molar-refractivity contribution is 7.99. The van der Waals surface area contributed by atoms with Crippen molar-refractivity contribution < 1.29 is 24.6 Å². The highest BCUT2D eigenvalue weighted by atomic mass is 32.2. The molecule has 4 unspecified atom stereocenters. The number of carbonyl (C=O) groups excluding carboxylic acids is 1. The van der Waals surface area contributed by atoms with Crippen molar-refractivity contribution in [3.05, 3.63) is 11.6 Å². The van der Waals surface area contributed by atoms with Crippen molar-refractivity contribution in [2.24, 2.45) is 23.7 Å². The lowest BCUT2D eigenvalue weighted by Gasteiger charge is -2.16. The van der Waals surface area contributed by atoms with E-state index in [1.54, 1.807) is 0 Å². The summed E-state index contributed by atoms with van der Waals surface area (Å²) in [7, 11) is 0. The fraction of sp³-hybridized carbons (Fsp3) is 0.844. The third kappa shape index (κ3) is 24.1. The van der Waals surface area contributed by atoms with Gasteiger partial charge in [-0.25, -0.2) is 4.79 Å². The number of carboxylic acids is 2. The SMILES string of the molecule is CC(=CCSCC(NC(=O)CCC(=O)O)C(=O)O)CCCC(C)CCCC(C)CCCC(C)CCCC(C)C. The number of rotatable bonds is 25. The van der Waals surface area contributed by atoms with Gasteiger partial charge in [0, 0.05) is 17.9 Å². The summed E-state index contributed by atoms with van der Waals surface area (Å²) in [5, 5.41) is 20.4. The van der Waals surface area contributed by atoms with E-state index in [1.807, 2.05) is 0 Å². The molecule has 0 bridgehead atoms. The minimum absolute atomic E-state index is 0.210. The summed E-state index contributed by atoms with van der Waals surface area (Å²) in [5.41, 5.74) is 1.32. The van der Waals surface area contributed by atoms with Crippen molar-refractivity contribution in [2.45, 2.75) is 137 Å². The summed E-state index contributed by atoms with van der Waals surface area (Å²) >= 11 is 1.46. The van der Waals surface area contributed by atoms with Crippen LogP contribution in [0.3, 0.4) is 0 Å². The Morgan fingerprint density at radius 1 is 0.718 bits per heavy atom.